The quantitative estimate of drug-likeness (QED) is 0.844. The normalized spacial score (nSPS) is 18.1. The molecule has 0 aliphatic heterocycles. The molecule has 1 heterocycles. The fraction of sp³-hybridized carbons (Fsp3) is 0.714. The Balaban J connectivity index is 2.12. The molecule has 0 radical (unpaired) electrons. The second-order valence-corrected chi connectivity index (χ2v) is 7.75. The third kappa shape index (κ3) is 3.86. The van der Waals surface area contributed by atoms with Gasteiger partial charge in [0, 0.05) is 12.1 Å². The average Bonchev–Trinajstić information content (AvgIpc) is 2.74. The van der Waals surface area contributed by atoms with Crippen LogP contribution in [0.25, 0.3) is 0 Å². The van der Waals surface area contributed by atoms with Gasteiger partial charge in [0.2, 0.25) is 15.9 Å². The molecule has 1 aliphatic carbocycles. The fourth-order valence-corrected chi connectivity index (χ4v) is 3.98. The summed E-state index contributed by atoms with van der Waals surface area (Å²) in [6, 6.07) is 0. The summed E-state index contributed by atoms with van der Waals surface area (Å²) in [5.74, 6) is 0.379. The molecule has 0 bridgehead atoms. The van der Waals surface area contributed by atoms with Crippen LogP contribution in [0.5, 0.6) is 0 Å². The van der Waals surface area contributed by atoms with Gasteiger partial charge in [-0.25, -0.2) is 8.42 Å². The highest BCUT2D eigenvalue weighted by molar-refractivity contribution is 7.88. The number of rotatable bonds is 5. The predicted octanol–water partition coefficient (Wildman–Crippen LogP) is 1.16. The van der Waals surface area contributed by atoms with E-state index in [2.05, 4.69) is 15.2 Å². The summed E-state index contributed by atoms with van der Waals surface area (Å²) in [7, 11) is -3.46. The van der Waals surface area contributed by atoms with Crippen LogP contribution >= 0.6 is 0 Å². The lowest BCUT2D eigenvalue weighted by Crippen LogP contribution is -2.59. The first kappa shape index (κ1) is 17.0. The van der Waals surface area contributed by atoms with Crippen LogP contribution < -0.4 is 10.0 Å². The molecule has 1 saturated carbocycles. The maximum atomic E-state index is 12.6. The Hall–Kier alpha value is -1.41. The highest BCUT2D eigenvalue weighted by Crippen LogP contribution is 2.29. The molecule has 1 amide bonds. The maximum Gasteiger partial charge on any atom is 0.241 e. The number of carbonyl (C=O) groups excluding carboxylic acids is 1. The SMILES string of the molecule is Cc1noc(C)c1CNC(=O)C1(NS(C)(=O)=O)CCCCC1. The molecule has 1 aromatic heterocycles. The molecule has 1 fully saturated rings. The van der Waals surface area contributed by atoms with Crippen LogP contribution in [-0.4, -0.2) is 31.3 Å². The zero-order chi connectivity index (χ0) is 16.4. The van der Waals surface area contributed by atoms with Crippen molar-refractivity contribution in [3.05, 3.63) is 17.0 Å². The summed E-state index contributed by atoms with van der Waals surface area (Å²) in [4.78, 5) is 12.6. The van der Waals surface area contributed by atoms with Gasteiger partial charge in [0.1, 0.15) is 11.3 Å². The maximum absolute atomic E-state index is 12.6. The first-order chi connectivity index (χ1) is 10.2. The molecule has 2 rings (SSSR count). The monoisotopic (exact) mass is 329 g/mol. The molecule has 2 N–H and O–H groups in total. The summed E-state index contributed by atoms with van der Waals surface area (Å²) in [6.45, 7) is 3.88. The van der Waals surface area contributed by atoms with Crippen molar-refractivity contribution < 1.29 is 17.7 Å². The van der Waals surface area contributed by atoms with E-state index in [0.717, 1.165) is 36.8 Å². The Morgan fingerprint density at radius 1 is 1.27 bits per heavy atom. The van der Waals surface area contributed by atoms with Crippen molar-refractivity contribution in [3.8, 4) is 0 Å². The van der Waals surface area contributed by atoms with Crippen LogP contribution in [0.2, 0.25) is 0 Å². The minimum Gasteiger partial charge on any atom is -0.361 e. The Bertz CT molecular complexity index is 626. The minimum atomic E-state index is -3.46. The molecular formula is C14H23N3O4S. The third-order valence-corrected chi connectivity index (χ3v) is 4.89. The summed E-state index contributed by atoms with van der Waals surface area (Å²) in [5.41, 5.74) is 0.524. The number of nitrogens with one attached hydrogen (secondary N) is 2. The molecule has 1 aromatic rings. The van der Waals surface area contributed by atoms with E-state index in [1.54, 1.807) is 6.92 Å². The Labute approximate surface area is 130 Å². The molecule has 8 heteroatoms. The molecular weight excluding hydrogens is 306 g/mol. The van der Waals surface area contributed by atoms with Crippen LogP contribution in [0.15, 0.2) is 4.52 Å². The second kappa shape index (κ2) is 6.37. The van der Waals surface area contributed by atoms with E-state index in [9.17, 15) is 13.2 Å². The van der Waals surface area contributed by atoms with Crippen molar-refractivity contribution in [1.82, 2.24) is 15.2 Å². The van der Waals surface area contributed by atoms with E-state index in [0.29, 0.717) is 18.6 Å². The van der Waals surface area contributed by atoms with Gasteiger partial charge in [0.15, 0.2) is 0 Å². The number of sulfonamides is 1. The van der Waals surface area contributed by atoms with E-state index >= 15 is 0 Å². The van der Waals surface area contributed by atoms with Crippen LogP contribution in [-0.2, 0) is 21.4 Å². The molecule has 7 nitrogen and oxygen atoms in total. The third-order valence-electron chi connectivity index (χ3n) is 4.13. The smallest absolute Gasteiger partial charge is 0.241 e. The molecule has 0 spiro atoms. The molecule has 0 atom stereocenters. The highest BCUT2D eigenvalue weighted by atomic mass is 32.2. The Morgan fingerprint density at radius 3 is 2.41 bits per heavy atom. The molecule has 124 valence electrons. The number of aromatic nitrogens is 1. The van der Waals surface area contributed by atoms with Gasteiger partial charge in [-0.3, -0.25) is 4.79 Å². The number of carbonyl (C=O) groups is 1. The summed E-state index contributed by atoms with van der Waals surface area (Å²) < 4.78 is 30.9. The second-order valence-electron chi connectivity index (χ2n) is 6.00. The highest BCUT2D eigenvalue weighted by Gasteiger charge is 2.41. The van der Waals surface area contributed by atoms with Gasteiger partial charge in [-0.2, -0.15) is 4.72 Å². The number of hydrogen-bond acceptors (Lipinski definition) is 5. The van der Waals surface area contributed by atoms with Crippen LogP contribution in [0.4, 0.5) is 0 Å². The zero-order valence-electron chi connectivity index (χ0n) is 13.2. The molecule has 0 aromatic carbocycles. The zero-order valence-corrected chi connectivity index (χ0v) is 14.0. The number of aryl methyl sites for hydroxylation is 2. The largest absolute Gasteiger partial charge is 0.361 e. The minimum absolute atomic E-state index is 0.280. The summed E-state index contributed by atoms with van der Waals surface area (Å²) >= 11 is 0. The number of nitrogens with zero attached hydrogens (tertiary/aromatic N) is 1. The number of hydrogen-bond donors (Lipinski definition) is 2. The molecule has 0 saturated heterocycles. The lowest BCUT2D eigenvalue weighted by atomic mass is 9.82. The van der Waals surface area contributed by atoms with Crippen LogP contribution in [0.3, 0.4) is 0 Å². The standard InChI is InChI=1S/C14H23N3O4S/c1-10-12(11(2)21-16-10)9-15-13(18)14(17-22(3,19)20)7-5-4-6-8-14/h17H,4-9H2,1-3H3,(H,15,18). The van der Waals surface area contributed by atoms with Gasteiger partial charge in [0.25, 0.3) is 0 Å². The summed E-state index contributed by atoms with van der Waals surface area (Å²) in [5, 5.41) is 6.68. The molecule has 22 heavy (non-hydrogen) atoms. The van der Waals surface area contributed by atoms with Crippen molar-refractivity contribution in [3.63, 3.8) is 0 Å². The topological polar surface area (TPSA) is 101 Å². The molecule has 1 aliphatic rings. The van der Waals surface area contributed by atoms with Crippen molar-refractivity contribution >= 4 is 15.9 Å². The van der Waals surface area contributed by atoms with Gasteiger partial charge in [-0.1, -0.05) is 24.4 Å². The van der Waals surface area contributed by atoms with E-state index in [4.69, 9.17) is 4.52 Å². The lowest BCUT2D eigenvalue weighted by molar-refractivity contribution is -0.128. The van der Waals surface area contributed by atoms with E-state index in [1.165, 1.54) is 0 Å². The Morgan fingerprint density at radius 2 is 1.91 bits per heavy atom. The van der Waals surface area contributed by atoms with Gasteiger partial charge in [-0.05, 0) is 26.7 Å². The fourth-order valence-electron chi connectivity index (χ4n) is 2.98. The van der Waals surface area contributed by atoms with Gasteiger partial charge in [0.05, 0.1) is 11.9 Å². The van der Waals surface area contributed by atoms with Crippen LogP contribution in [0.1, 0.15) is 49.1 Å². The number of amides is 1. The van der Waals surface area contributed by atoms with E-state index in [1.807, 2.05) is 6.92 Å². The van der Waals surface area contributed by atoms with Crippen molar-refractivity contribution in [2.75, 3.05) is 6.26 Å². The van der Waals surface area contributed by atoms with Crippen molar-refractivity contribution in [2.24, 2.45) is 0 Å². The van der Waals surface area contributed by atoms with Gasteiger partial charge < -0.3 is 9.84 Å². The average molecular weight is 329 g/mol. The van der Waals surface area contributed by atoms with E-state index < -0.39 is 15.6 Å². The van der Waals surface area contributed by atoms with Crippen molar-refractivity contribution in [1.29, 1.82) is 0 Å². The summed E-state index contributed by atoms with van der Waals surface area (Å²) in [6.07, 6.45) is 4.82. The van der Waals surface area contributed by atoms with Crippen LogP contribution in [0, 0.1) is 13.8 Å². The van der Waals surface area contributed by atoms with Gasteiger partial charge in [-0.15, -0.1) is 0 Å². The first-order valence-corrected chi connectivity index (χ1v) is 9.32. The molecule has 0 unspecified atom stereocenters. The lowest BCUT2D eigenvalue weighted by Gasteiger charge is -2.35. The Kier molecular flexibility index (Phi) is 4.91. The predicted molar refractivity (Wildman–Crippen MR) is 81.6 cm³/mol. The van der Waals surface area contributed by atoms with Crippen molar-refractivity contribution in [2.45, 2.75) is 58.0 Å². The van der Waals surface area contributed by atoms with Gasteiger partial charge >= 0.3 is 0 Å². The van der Waals surface area contributed by atoms with E-state index in [-0.39, 0.29) is 12.5 Å². The first-order valence-electron chi connectivity index (χ1n) is 7.42.